The summed E-state index contributed by atoms with van der Waals surface area (Å²) >= 11 is 6.48. The molecule has 1 aliphatic heterocycles. The number of pyridine rings is 1. The van der Waals surface area contributed by atoms with Crippen molar-refractivity contribution in [2.75, 3.05) is 37.7 Å². The fraction of sp³-hybridized carbons (Fsp3) is 0.219. The molecule has 0 spiro atoms. The number of carbonyl (C=O) groups excluding carboxylic acids is 1. The lowest BCUT2D eigenvalue weighted by molar-refractivity contribution is -0.118. The van der Waals surface area contributed by atoms with Crippen LogP contribution in [0, 0.1) is 0 Å². The minimum atomic E-state index is -0.259. The van der Waals surface area contributed by atoms with Crippen molar-refractivity contribution in [1.29, 1.82) is 0 Å². The molecule has 0 bridgehead atoms. The number of rotatable bonds is 8. The predicted octanol–water partition coefficient (Wildman–Crippen LogP) is 5.93. The number of imidazole rings is 1. The van der Waals surface area contributed by atoms with E-state index in [0.717, 1.165) is 51.9 Å². The maximum Gasteiger partial charge on any atom is 0.232 e. The van der Waals surface area contributed by atoms with Gasteiger partial charge in [-0.1, -0.05) is 60.1 Å². The van der Waals surface area contributed by atoms with Gasteiger partial charge in [0.1, 0.15) is 0 Å². The summed E-state index contributed by atoms with van der Waals surface area (Å²) in [6.45, 7) is 3.63. The Morgan fingerprint density at radius 2 is 1.80 bits per heavy atom. The van der Waals surface area contributed by atoms with Crippen molar-refractivity contribution in [3.05, 3.63) is 114 Å². The standard InChI is InChI=1S/C32H30ClN5O2/c33-27-6-3-5-24(16-27)31(21-37-12-14-40-15-13-37)38(28-10-8-23(9-11-28)30-20-35-22-36-30)32(39)17-26-19-34-18-25-4-1-2-7-29(25)26/h1-11,16,18-20,22,31H,12-15,17,21H2,(H,35,36). The lowest BCUT2D eigenvalue weighted by atomic mass is 10.00. The minimum Gasteiger partial charge on any atom is -0.379 e. The van der Waals surface area contributed by atoms with E-state index in [2.05, 4.69) is 25.9 Å². The number of H-pyrrole nitrogens is 1. The summed E-state index contributed by atoms with van der Waals surface area (Å²) in [7, 11) is 0. The van der Waals surface area contributed by atoms with Crippen LogP contribution in [0.3, 0.4) is 0 Å². The van der Waals surface area contributed by atoms with Crippen LogP contribution in [0.4, 0.5) is 5.69 Å². The highest BCUT2D eigenvalue weighted by molar-refractivity contribution is 6.30. The molecule has 40 heavy (non-hydrogen) atoms. The Balaban J connectivity index is 1.42. The van der Waals surface area contributed by atoms with E-state index in [1.165, 1.54) is 0 Å². The lowest BCUT2D eigenvalue weighted by Gasteiger charge is -2.37. The highest BCUT2D eigenvalue weighted by Gasteiger charge is 2.30. The van der Waals surface area contributed by atoms with E-state index >= 15 is 0 Å². The first-order chi connectivity index (χ1) is 19.7. The van der Waals surface area contributed by atoms with Gasteiger partial charge in [0, 0.05) is 48.1 Å². The van der Waals surface area contributed by atoms with Crippen LogP contribution in [-0.2, 0) is 16.0 Å². The molecule has 3 aromatic carbocycles. The van der Waals surface area contributed by atoms with Gasteiger partial charge in [-0.25, -0.2) is 4.98 Å². The Morgan fingerprint density at radius 1 is 0.975 bits per heavy atom. The number of hydrogen-bond acceptors (Lipinski definition) is 5. The highest BCUT2D eigenvalue weighted by atomic mass is 35.5. The Labute approximate surface area is 238 Å². The number of nitrogens with zero attached hydrogens (tertiary/aromatic N) is 4. The van der Waals surface area contributed by atoms with Crippen molar-refractivity contribution in [3.8, 4) is 11.3 Å². The van der Waals surface area contributed by atoms with E-state index in [0.29, 0.717) is 24.8 Å². The molecular weight excluding hydrogens is 522 g/mol. The van der Waals surface area contributed by atoms with E-state index in [1.54, 1.807) is 18.7 Å². The number of fused-ring (bicyclic) bond motifs is 1. The van der Waals surface area contributed by atoms with Gasteiger partial charge in [0.15, 0.2) is 0 Å². The Morgan fingerprint density at radius 3 is 2.58 bits per heavy atom. The Hall–Kier alpha value is -4.04. The number of aromatic nitrogens is 3. The summed E-state index contributed by atoms with van der Waals surface area (Å²) in [6, 6.07) is 23.7. The van der Waals surface area contributed by atoms with Crippen LogP contribution >= 0.6 is 11.6 Å². The summed E-state index contributed by atoms with van der Waals surface area (Å²) in [5.74, 6) is -0.00863. The summed E-state index contributed by atoms with van der Waals surface area (Å²) in [5, 5.41) is 2.69. The summed E-state index contributed by atoms with van der Waals surface area (Å²) < 4.78 is 5.61. The smallest absolute Gasteiger partial charge is 0.232 e. The van der Waals surface area contributed by atoms with Gasteiger partial charge in [0.2, 0.25) is 5.91 Å². The number of nitrogens with one attached hydrogen (secondary N) is 1. The number of carbonyl (C=O) groups is 1. The van der Waals surface area contributed by atoms with Crippen molar-refractivity contribution >= 4 is 34.0 Å². The van der Waals surface area contributed by atoms with Gasteiger partial charge in [-0.2, -0.15) is 0 Å². The summed E-state index contributed by atoms with van der Waals surface area (Å²) in [4.78, 5) is 30.4. The third kappa shape index (κ3) is 5.77. The zero-order valence-electron chi connectivity index (χ0n) is 22.0. The fourth-order valence-corrected chi connectivity index (χ4v) is 5.56. The van der Waals surface area contributed by atoms with Crippen molar-refractivity contribution in [2.24, 2.45) is 0 Å². The largest absolute Gasteiger partial charge is 0.379 e. The van der Waals surface area contributed by atoms with Crippen molar-refractivity contribution in [3.63, 3.8) is 0 Å². The number of morpholine rings is 1. The monoisotopic (exact) mass is 551 g/mol. The molecule has 0 aliphatic carbocycles. The predicted molar refractivity (Wildman–Crippen MR) is 158 cm³/mol. The number of benzene rings is 3. The maximum atomic E-state index is 14.4. The van der Waals surface area contributed by atoms with Crippen LogP contribution in [0.15, 0.2) is 97.7 Å². The Bertz CT molecular complexity index is 1580. The first-order valence-corrected chi connectivity index (χ1v) is 13.8. The molecular formula is C32H30ClN5O2. The zero-order chi connectivity index (χ0) is 27.3. The van der Waals surface area contributed by atoms with Gasteiger partial charge in [0.25, 0.3) is 0 Å². The molecule has 1 saturated heterocycles. The van der Waals surface area contributed by atoms with Crippen LogP contribution < -0.4 is 4.90 Å². The molecule has 0 saturated carbocycles. The lowest BCUT2D eigenvalue weighted by Crippen LogP contribution is -2.45. The van der Waals surface area contributed by atoms with E-state index < -0.39 is 0 Å². The number of anilines is 1. The van der Waals surface area contributed by atoms with Crippen LogP contribution in [0.2, 0.25) is 5.02 Å². The molecule has 1 N–H and O–H groups in total. The molecule has 1 atom stereocenters. The van der Waals surface area contributed by atoms with Crippen molar-refractivity contribution in [2.45, 2.75) is 12.5 Å². The minimum absolute atomic E-state index is 0.00863. The molecule has 1 amide bonds. The molecule has 1 aliphatic rings. The van der Waals surface area contributed by atoms with E-state index in [9.17, 15) is 4.79 Å². The quantitative estimate of drug-likeness (QED) is 0.259. The second-order valence-corrected chi connectivity index (χ2v) is 10.4. The third-order valence-electron chi connectivity index (χ3n) is 7.40. The van der Waals surface area contributed by atoms with E-state index in [-0.39, 0.29) is 18.4 Å². The second kappa shape index (κ2) is 12.0. The van der Waals surface area contributed by atoms with Crippen molar-refractivity contribution in [1.82, 2.24) is 19.9 Å². The van der Waals surface area contributed by atoms with Crippen LogP contribution in [-0.4, -0.2) is 58.6 Å². The molecule has 202 valence electrons. The zero-order valence-corrected chi connectivity index (χ0v) is 22.8. The molecule has 8 heteroatoms. The fourth-order valence-electron chi connectivity index (χ4n) is 5.36. The molecule has 6 rings (SSSR count). The van der Waals surface area contributed by atoms with Gasteiger partial charge in [-0.15, -0.1) is 0 Å². The summed E-state index contributed by atoms with van der Waals surface area (Å²) in [6.07, 6.45) is 7.31. The van der Waals surface area contributed by atoms with Gasteiger partial charge in [-0.3, -0.25) is 14.7 Å². The van der Waals surface area contributed by atoms with Crippen LogP contribution in [0.5, 0.6) is 0 Å². The van der Waals surface area contributed by atoms with Crippen LogP contribution in [0.25, 0.3) is 22.0 Å². The highest BCUT2D eigenvalue weighted by Crippen LogP contribution is 2.33. The molecule has 1 fully saturated rings. The topological polar surface area (TPSA) is 74.4 Å². The average Bonchev–Trinajstić information content (AvgIpc) is 3.53. The number of aromatic amines is 1. The molecule has 0 radical (unpaired) electrons. The van der Waals surface area contributed by atoms with Crippen LogP contribution in [0.1, 0.15) is 17.2 Å². The molecule has 2 aromatic heterocycles. The third-order valence-corrected chi connectivity index (χ3v) is 7.63. The normalized spacial score (nSPS) is 14.7. The number of halogens is 1. The molecule has 1 unspecified atom stereocenters. The molecule has 7 nitrogen and oxygen atoms in total. The van der Waals surface area contributed by atoms with Gasteiger partial charge in [0.05, 0.1) is 43.9 Å². The number of hydrogen-bond donors (Lipinski definition) is 1. The maximum absolute atomic E-state index is 14.4. The second-order valence-electron chi connectivity index (χ2n) is 9.96. The Kier molecular flexibility index (Phi) is 7.86. The number of ether oxygens (including phenoxy) is 1. The first-order valence-electron chi connectivity index (χ1n) is 13.4. The van der Waals surface area contributed by atoms with Crippen molar-refractivity contribution < 1.29 is 9.53 Å². The van der Waals surface area contributed by atoms with E-state index in [1.807, 2.05) is 77.8 Å². The van der Waals surface area contributed by atoms with E-state index in [4.69, 9.17) is 16.3 Å². The first kappa shape index (κ1) is 26.2. The number of amides is 1. The van der Waals surface area contributed by atoms with Gasteiger partial charge in [-0.05, 0) is 46.3 Å². The summed E-state index contributed by atoms with van der Waals surface area (Å²) in [5.41, 5.74) is 4.63. The van der Waals surface area contributed by atoms with Gasteiger partial charge < -0.3 is 14.6 Å². The SMILES string of the molecule is O=C(Cc1cncc2ccccc12)N(c1ccc(-c2cnc[nH]2)cc1)C(CN1CCOCC1)c1cccc(Cl)c1. The van der Waals surface area contributed by atoms with Gasteiger partial charge >= 0.3 is 0 Å². The average molecular weight is 552 g/mol. The molecule has 5 aromatic rings. The molecule has 3 heterocycles.